The number of nitrogens with zero attached hydrogens (tertiary/aromatic N) is 4. The van der Waals surface area contributed by atoms with E-state index in [0.717, 1.165) is 63.9 Å². The average molecular weight is 432 g/mol. The summed E-state index contributed by atoms with van der Waals surface area (Å²) in [5.74, 6) is 1.52. The summed E-state index contributed by atoms with van der Waals surface area (Å²) in [5, 5.41) is 12.5. The topological polar surface area (TPSA) is 90.7 Å². The number of nitrogens with one attached hydrogen (secondary N) is 1. The first-order valence-electron chi connectivity index (χ1n) is 12.1. The van der Waals surface area contributed by atoms with Crippen LogP contribution in [0.15, 0.2) is 12.4 Å². The number of likely N-dealkylation sites (tertiary alicyclic amines) is 2. The molecule has 3 heterocycles. The molecule has 2 aliphatic heterocycles. The SMILES string of the molecule is O=C(Cn1ccnc1C1CCN(C2CCCN(C(=O)O)CC2)CC1)NC1CCCCC1. The van der Waals surface area contributed by atoms with Gasteiger partial charge in [-0.3, -0.25) is 4.79 Å². The van der Waals surface area contributed by atoms with Gasteiger partial charge in [-0.15, -0.1) is 0 Å². The number of amides is 2. The molecule has 1 saturated carbocycles. The Bertz CT molecular complexity index is 737. The van der Waals surface area contributed by atoms with Crippen LogP contribution >= 0.6 is 0 Å². The number of rotatable bonds is 5. The first kappa shape index (κ1) is 22.1. The molecule has 0 spiro atoms. The minimum Gasteiger partial charge on any atom is -0.465 e. The van der Waals surface area contributed by atoms with Gasteiger partial charge in [0.15, 0.2) is 0 Å². The minimum atomic E-state index is -0.793. The van der Waals surface area contributed by atoms with Crippen LogP contribution < -0.4 is 5.32 Å². The first-order valence-corrected chi connectivity index (χ1v) is 12.1. The van der Waals surface area contributed by atoms with E-state index >= 15 is 0 Å². The fraction of sp³-hybridized carbons (Fsp3) is 0.783. The molecule has 2 N–H and O–H groups in total. The summed E-state index contributed by atoms with van der Waals surface area (Å²) in [6.07, 6.45) is 13.9. The molecule has 0 aromatic carbocycles. The molecule has 172 valence electrons. The largest absolute Gasteiger partial charge is 0.465 e. The number of hydrogen-bond donors (Lipinski definition) is 2. The lowest BCUT2D eigenvalue weighted by Crippen LogP contribution is -2.42. The van der Waals surface area contributed by atoms with Crippen molar-refractivity contribution in [1.82, 2.24) is 24.7 Å². The molecule has 1 unspecified atom stereocenters. The second-order valence-electron chi connectivity index (χ2n) is 9.48. The zero-order chi connectivity index (χ0) is 21.6. The van der Waals surface area contributed by atoms with Crippen molar-refractivity contribution in [2.24, 2.45) is 0 Å². The van der Waals surface area contributed by atoms with Crippen LogP contribution in [0.1, 0.15) is 76.0 Å². The van der Waals surface area contributed by atoms with E-state index < -0.39 is 6.09 Å². The summed E-state index contributed by atoms with van der Waals surface area (Å²) in [7, 11) is 0. The number of hydrogen-bond acceptors (Lipinski definition) is 4. The van der Waals surface area contributed by atoms with Crippen LogP contribution in [0.2, 0.25) is 0 Å². The third-order valence-corrected chi connectivity index (χ3v) is 7.41. The van der Waals surface area contributed by atoms with E-state index in [1.54, 1.807) is 4.90 Å². The second-order valence-corrected chi connectivity index (χ2v) is 9.48. The molecule has 1 aromatic rings. The summed E-state index contributed by atoms with van der Waals surface area (Å²) in [5.41, 5.74) is 0. The number of piperidine rings is 1. The fourth-order valence-corrected chi connectivity index (χ4v) is 5.65. The molecule has 2 saturated heterocycles. The number of carbonyl (C=O) groups is 2. The average Bonchev–Trinajstić information content (AvgIpc) is 3.08. The van der Waals surface area contributed by atoms with Gasteiger partial charge in [-0.05, 0) is 58.0 Å². The standard InChI is InChI=1S/C23H37N5O3/c29-21(25-19-5-2-1-3-6-19)17-28-16-11-24-22(28)18-8-13-26(14-9-18)20-7-4-12-27(15-10-20)23(30)31/h11,16,18-20H,1-10,12-15,17H2,(H,25,29)(H,30,31). The maximum atomic E-state index is 12.6. The van der Waals surface area contributed by atoms with E-state index in [1.807, 2.05) is 17.0 Å². The highest BCUT2D eigenvalue weighted by Gasteiger charge is 2.30. The third-order valence-electron chi connectivity index (χ3n) is 7.41. The van der Waals surface area contributed by atoms with Crippen molar-refractivity contribution < 1.29 is 14.7 Å². The maximum Gasteiger partial charge on any atom is 0.407 e. The highest BCUT2D eigenvalue weighted by atomic mass is 16.4. The predicted molar refractivity (Wildman–Crippen MR) is 118 cm³/mol. The van der Waals surface area contributed by atoms with Crippen molar-refractivity contribution >= 4 is 12.0 Å². The molecule has 1 aromatic heterocycles. The molecule has 1 aliphatic carbocycles. The zero-order valence-corrected chi connectivity index (χ0v) is 18.5. The second kappa shape index (κ2) is 10.5. The Morgan fingerprint density at radius 2 is 1.74 bits per heavy atom. The number of aromatic nitrogens is 2. The molecule has 31 heavy (non-hydrogen) atoms. The van der Waals surface area contributed by atoms with Crippen LogP contribution in [-0.4, -0.2) is 74.7 Å². The van der Waals surface area contributed by atoms with Gasteiger partial charge in [-0.2, -0.15) is 0 Å². The Labute approximate surface area is 185 Å². The molecule has 0 bridgehead atoms. The minimum absolute atomic E-state index is 0.102. The first-order chi connectivity index (χ1) is 15.1. The van der Waals surface area contributed by atoms with Crippen LogP contribution in [0, 0.1) is 0 Å². The number of carbonyl (C=O) groups excluding carboxylic acids is 1. The summed E-state index contributed by atoms with van der Waals surface area (Å²) in [6, 6.07) is 0.819. The van der Waals surface area contributed by atoms with Gasteiger partial charge in [0.1, 0.15) is 12.4 Å². The van der Waals surface area contributed by atoms with Gasteiger partial charge < -0.3 is 24.8 Å². The van der Waals surface area contributed by atoms with Gasteiger partial charge in [0, 0.05) is 43.5 Å². The van der Waals surface area contributed by atoms with E-state index in [0.29, 0.717) is 37.6 Å². The molecule has 3 aliphatic rings. The molecular formula is C23H37N5O3. The van der Waals surface area contributed by atoms with E-state index in [9.17, 15) is 14.7 Å². The van der Waals surface area contributed by atoms with Crippen molar-refractivity contribution in [3.63, 3.8) is 0 Å². The molecule has 4 rings (SSSR count). The van der Waals surface area contributed by atoms with Gasteiger partial charge in [0.05, 0.1) is 0 Å². The Hall–Kier alpha value is -2.09. The lowest BCUT2D eigenvalue weighted by atomic mass is 9.93. The summed E-state index contributed by atoms with van der Waals surface area (Å²) >= 11 is 0. The van der Waals surface area contributed by atoms with E-state index in [2.05, 4.69) is 15.2 Å². The lowest BCUT2D eigenvalue weighted by molar-refractivity contribution is -0.122. The summed E-state index contributed by atoms with van der Waals surface area (Å²) in [4.78, 5) is 32.5. The van der Waals surface area contributed by atoms with Crippen molar-refractivity contribution in [2.75, 3.05) is 26.2 Å². The van der Waals surface area contributed by atoms with E-state index in [1.165, 1.54) is 19.3 Å². The van der Waals surface area contributed by atoms with E-state index in [4.69, 9.17) is 0 Å². The van der Waals surface area contributed by atoms with Crippen molar-refractivity contribution in [2.45, 2.75) is 88.8 Å². The molecule has 3 fully saturated rings. The highest BCUT2D eigenvalue weighted by Crippen LogP contribution is 2.30. The van der Waals surface area contributed by atoms with Gasteiger partial charge in [-0.25, -0.2) is 9.78 Å². The molecule has 1 atom stereocenters. The van der Waals surface area contributed by atoms with Crippen molar-refractivity contribution in [3.05, 3.63) is 18.2 Å². The molecule has 8 heteroatoms. The van der Waals surface area contributed by atoms with Crippen LogP contribution in [-0.2, 0) is 11.3 Å². The van der Waals surface area contributed by atoms with E-state index in [-0.39, 0.29) is 5.91 Å². The van der Waals surface area contributed by atoms with Gasteiger partial charge in [0.2, 0.25) is 5.91 Å². The summed E-state index contributed by atoms with van der Waals surface area (Å²) < 4.78 is 2.04. The third kappa shape index (κ3) is 5.79. The fourth-order valence-electron chi connectivity index (χ4n) is 5.65. The van der Waals surface area contributed by atoms with Crippen LogP contribution in [0.5, 0.6) is 0 Å². The van der Waals surface area contributed by atoms with Crippen LogP contribution in [0.4, 0.5) is 4.79 Å². The predicted octanol–water partition coefficient (Wildman–Crippen LogP) is 3.04. The summed E-state index contributed by atoms with van der Waals surface area (Å²) in [6.45, 7) is 3.69. The van der Waals surface area contributed by atoms with Crippen molar-refractivity contribution in [1.29, 1.82) is 0 Å². The monoisotopic (exact) mass is 431 g/mol. The smallest absolute Gasteiger partial charge is 0.407 e. The lowest BCUT2D eigenvalue weighted by Gasteiger charge is -2.37. The quantitative estimate of drug-likeness (QED) is 0.748. The van der Waals surface area contributed by atoms with Crippen LogP contribution in [0.3, 0.4) is 0 Å². The molecule has 0 radical (unpaired) electrons. The Balaban J connectivity index is 1.27. The number of carboxylic acid groups (broad SMARTS) is 1. The Kier molecular flexibility index (Phi) is 7.48. The molecule has 8 nitrogen and oxygen atoms in total. The zero-order valence-electron chi connectivity index (χ0n) is 18.5. The maximum absolute atomic E-state index is 12.6. The van der Waals surface area contributed by atoms with Gasteiger partial charge in [0.25, 0.3) is 0 Å². The van der Waals surface area contributed by atoms with Crippen LogP contribution in [0.25, 0.3) is 0 Å². The molecule has 2 amide bonds. The van der Waals surface area contributed by atoms with Gasteiger partial charge >= 0.3 is 6.09 Å². The Morgan fingerprint density at radius 1 is 0.968 bits per heavy atom. The van der Waals surface area contributed by atoms with Gasteiger partial charge in [-0.1, -0.05) is 19.3 Å². The molecular weight excluding hydrogens is 394 g/mol. The van der Waals surface area contributed by atoms with Crippen molar-refractivity contribution in [3.8, 4) is 0 Å². The normalized spacial score (nSPS) is 24.6. The Morgan fingerprint density at radius 3 is 2.48 bits per heavy atom. The highest BCUT2D eigenvalue weighted by molar-refractivity contribution is 5.76. The number of imidazole rings is 1.